The van der Waals surface area contributed by atoms with E-state index >= 15 is 0 Å². The topological polar surface area (TPSA) is 105 Å². The molecule has 1 atom stereocenters. The third-order valence-corrected chi connectivity index (χ3v) is 5.63. The van der Waals surface area contributed by atoms with E-state index in [2.05, 4.69) is 20.8 Å². The lowest BCUT2D eigenvalue weighted by Gasteiger charge is -2.33. The molecule has 1 aliphatic heterocycles. The Balaban J connectivity index is 1.19. The molecule has 2 fully saturated rings. The summed E-state index contributed by atoms with van der Waals surface area (Å²) in [7, 11) is 0. The molecule has 1 saturated heterocycles. The maximum Gasteiger partial charge on any atom is 0.407 e. The van der Waals surface area contributed by atoms with Crippen LogP contribution >= 0.6 is 11.6 Å². The lowest BCUT2D eigenvalue weighted by atomic mass is 9.80. The zero-order chi connectivity index (χ0) is 20.2. The summed E-state index contributed by atoms with van der Waals surface area (Å²) in [6.45, 7) is 0.947. The van der Waals surface area contributed by atoms with Gasteiger partial charge in [0.2, 0.25) is 0 Å². The van der Waals surface area contributed by atoms with Gasteiger partial charge in [0.25, 0.3) is 5.91 Å². The van der Waals surface area contributed by atoms with Crippen molar-refractivity contribution in [3.63, 3.8) is 0 Å². The Morgan fingerprint density at radius 1 is 1.31 bits per heavy atom. The highest BCUT2D eigenvalue weighted by Gasteiger charge is 2.34. The number of carbonyl (C=O) groups is 2. The van der Waals surface area contributed by atoms with Crippen molar-refractivity contribution in [2.24, 2.45) is 0 Å². The van der Waals surface area contributed by atoms with E-state index in [9.17, 15) is 9.59 Å². The molecule has 0 spiro atoms. The fraction of sp³-hybridized carbons (Fsp3) is 0.450. The van der Waals surface area contributed by atoms with Crippen LogP contribution in [0, 0.1) is 0 Å². The van der Waals surface area contributed by atoms with Crippen molar-refractivity contribution < 1.29 is 19.1 Å². The molecule has 1 aromatic carbocycles. The molecular weight excluding hydrogens is 396 g/mol. The lowest BCUT2D eigenvalue weighted by molar-refractivity contribution is -0.124. The van der Waals surface area contributed by atoms with E-state index in [0.717, 1.165) is 24.1 Å². The first kappa shape index (κ1) is 19.7. The first-order chi connectivity index (χ1) is 14.1. The molecule has 2 heterocycles. The maximum atomic E-state index is 12.1. The molecule has 9 heteroatoms. The molecule has 3 N–H and O–H groups in total. The van der Waals surface area contributed by atoms with E-state index in [1.807, 2.05) is 24.3 Å². The van der Waals surface area contributed by atoms with Gasteiger partial charge < -0.3 is 20.1 Å². The van der Waals surface area contributed by atoms with Crippen molar-refractivity contribution in [1.82, 2.24) is 15.5 Å². The maximum absolute atomic E-state index is 12.1. The third kappa shape index (κ3) is 4.89. The summed E-state index contributed by atoms with van der Waals surface area (Å²) in [5, 5.41) is 13.2. The molecule has 0 radical (unpaired) electrons. The molecule has 154 valence electrons. The number of carbonyl (C=O) groups excluding carboxylic acids is 2. The van der Waals surface area contributed by atoms with Gasteiger partial charge in [-0.3, -0.25) is 9.89 Å². The van der Waals surface area contributed by atoms with Crippen LogP contribution in [-0.4, -0.2) is 41.0 Å². The molecule has 2 amide bonds. The number of alkyl carbamates (subject to hydrolysis) is 1. The summed E-state index contributed by atoms with van der Waals surface area (Å²) in [5.41, 5.74) is 1.76. The second kappa shape index (κ2) is 8.84. The monoisotopic (exact) mass is 418 g/mol. The van der Waals surface area contributed by atoms with Crippen LogP contribution in [0.5, 0.6) is 0 Å². The summed E-state index contributed by atoms with van der Waals surface area (Å²) < 4.78 is 10.8. The van der Waals surface area contributed by atoms with Crippen LogP contribution in [0.4, 0.5) is 10.6 Å². The van der Waals surface area contributed by atoms with Gasteiger partial charge in [0.1, 0.15) is 12.2 Å². The van der Waals surface area contributed by atoms with Crippen LogP contribution in [0.25, 0.3) is 0 Å². The average Bonchev–Trinajstić information content (AvgIpc) is 3.36. The first-order valence-electron chi connectivity index (χ1n) is 9.74. The molecule has 29 heavy (non-hydrogen) atoms. The minimum Gasteiger partial charge on any atom is -0.446 e. The zero-order valence-corrected chi connectivity index (χ0v) is 16.6. The Labute approximate surface area is 173 Å². The molecule has 2 aliphatic rings. The number of H-pyrrole nitrogens is 1. The number of nitrogens with zero attached hydrogens (tertiary/aromatic N) is 1. The van der Waals surface area contributed by atoms with E-state index in [-0.39, 0.29) is 24.0 Å². The minimum atomic E-state index is -0.456. The quantitative estimate of drug-likeness (QED) is 0.667. The van der Waals surface area contributed by atoms with Crippen molar-refractivity contribution in [2.75, 3.05) is 11.9 Å². The summed E-state index contributed by atoms with van der Waals surface area (Å²) in [6, 6.07) is 9.17. The number of hydrogen-bond acceptors (Lipinski definition) is 5. The number of aromatic amines is 1. The van der Waals surface area contributed by atoms with E-state index in [1.165, 1.54) is 0 Å². The van der Waals surface area contributed by atoms with E-state index < -0.39 is 6.09 Å². The summed E-state index contributed by atoms with van der Waals surface area (Å²) in [5.74, 6) is 0.546. The number of anilines is 1. The van der Waals surface area contributed by atoms with Gasteiger partial charge in [0.05, 0.1) is 0 Å². The number of rotatable bonds is 6. The second-order valence-corrected chi connectivity index (χ2v) is 7.75. The minimum absolute atomic E-state index is 0.139. The molecule has 8 nitrogen and oxygen atoms in total. The van der Waals surface area contributed by atoms with Crippen LogP contribution in [0.3, 0.4) is 0 Å². The van der Waals surface area contributed by atoms with Crippen LogP contribution in [0.2, 0.25) is 5.02 Å². The molecule has 1 aromatic heterocycles. The van der Waals surface area contributed by atoms with Gasteiger partial charge in [0.15, 0.2) is 5.82 Å². The number of ether oxygens (including phenoxy) is 2. The molecule has 1 aliphatic carbocycles. The Hall–Kier alpha value is -2.58. The normalized spacial score (nSPS) is 23.3. The van der Waals surface area contributed by atoms with Crippen LogP contribution in [0.1, 0.15) is 42.9 Å². The van der Waals surface area contributed by atoms with E-state index in [0.29, 0.717) is 36.8 Å². The number of hydrogen-bond donors (Lipinski definition) is 3. The number of aromatic nitrogens is 2. The molecule has 1 saturated carbocycles. The number of benzene rings is 1. The van der Waals surface area contributed by atoms with Crippen molar-refractivity contribution in [1.29, 1.82) is 0 Å². The highest BCUT2D eigenvalue weighted by molar-refractivity contribution is 6.31. The van der Waals surface area contributed by atoms with Crippen molar-refractivity contribution in [3.8, 4) is 0 Å². The van der Waals surface area contributed by atoms with E-state index in [1.54, 1.807) is 6.07 Å². The van der Waals surface area contributed by atoms with Gasteiger partial charge in [-0.25, -0.2) is 4.79 Å². The summed E-state index contributed by atoms with van der Waals surface area (Å²) in [4.78, 5) is 24.0. The van der Waals surface area contributed by atoms with Gasteiger partial charge in [-0.15, -0.1) is 0 Å². The first-order valence-corrected chi connectivity index (χ1v) is 10.1. The second-order valence-electron chi connectivity index (χ2n) is 7.34. The largest absolute Gasteiger partial charge is 0.446 e. The van der Waals surface area contributed by atoms with Crippen molar-refractivity contribution >= 4 is 29.4 Å². The summed E-state index contributed by atoms with van der Waals surface area (Å²) >= 11 is 6.07. The SMILES string of the molecule is O=C(NCc1ccccc1Cl)OC1CC(c2cc(NC(=O)C3CCCO3)n[nH]2)C1. The summed E-state index contributed by atoms with van der Waals surface area (Å²) in [6.07, 6.45) is 2.08. The van der Waals surface area contributed by atoms with Gasteiger partial charge in [0, 0.05) is 35.9 Å². The standard InChI is InChI=1S/C20H23ClN4O4/c21-15-5-2-1-4-12(15)11-22-20(27)29-14-8-13(9-14)16-10-18(25-24-16)23-19(26)17-6-3-7-28-17/h1-2,4-5,10,13-14,17H,3,6-9,11H2,(H,22,27)(H2,23,24,25,26). The smallest absolute Gasteiger partial charge is 0.407 e. The Morgan fingerprint density at radius 3 is 2.90 bits per heavy atom. The molecular formula is C20H23ClN4O4. The van der Waals surface area contributed by atoms with Crippen molar-refractivity contribution in [3.05, 3.63) is 46.6 Å². The fourth-order valence-corrected chi connectivity index (χ4v) is 3.72. The third-order valence-electron chi connectivity index (χ3n) is 5.26. The predicted octanol–water partition coefficient (Wildman–Crippen LogP) is 3.35. The van der Waals surface area contributed by atoms with Crippen molar-refractivity contribution in [2.45, 2.75) is 50.4 Å². The van der Waals surface area contributed by atoms with Gasteiger partial charge in [-0.2, -0.15) is 5.10 Å². The Kier molecular flexibility index (Phi) is 6.01. The molecule has 0 bridgehead atoms. The van der Waals surface area contributed by atoms with Crippen LogP contribution < -0.4 is 10.6 Å². The average molecular weight is 419 g/mol. The highest BCUT2D eigenvalue weighted by atomic mass is 35.5. The molecule has 2 aromatic rings. The van der Waals surface area contributed by atoms with Gasteiger partial charge in [-0.05, 0) is 37.3 Å². The zero-order valence-electron chi connectivity index (χ0n) is 15.8. The van der Waals surface area contributed by atoms with Crippen LogP contribution in [-0.2, 0) is 20.8 Å². The predicted molar refractivity (Wildman–Crippen MR) is 107 cm³/mol. The number of nitrogens with one attached hydrogen (secondary N) is 3. The molecule has 4 rings (SSSR count). The number of halogens is 1. The Morgan fingerprint density at radius 2 is 2.14 bits per heavy atom. The highest BCUT2D eigenvalue weighted by Crippen LogP contribution is 2.38. The van der Waals surface area contributed by atoms with Gasteiger partial charge in [-0.1, -0.05) is 29.8 Å². The Bertz CT molecular complexity index is 875. The van der Waals surface area contributed by atoms with E-state index in [4.69, 9.17) is 21.1 Å². The van der Waals surface area contributed by atoms with Gasteiger partial charge >= 0.3 is 6.09 Å². The van der Waals surface area contributed by atoms with Crippen LogP contribution in [0.15, 0.2) is 30.3 Å². The molecule has 1 unspecified atom stereocenters. The number of amides is 2. The lowest BCUT2D eigenvalue weighted by Crippen LogP contribution is -2.36. The fourth-order valence-electron chi connectivity index (χ4n) is 3.52.